The summed E-state index contributed by atoms with van der Waals surface area (Å²) in [7, 11) is 0. The molecule has 27 heavy (non-hydrogen) atoms. The van der Waals surface area contributed by atoms with Gasteiger partial charge >= 0.3 is 0 Å². The molecule has 1 atom stereocenters. The van der Waals surface area contributed by atoms with Gasteiger partial charge in [0.05, 0.1) is 12.2 Å². The van der Waals surface area contributed by atoms with Gasteiger partial charge in [-0.25, -0.2) is 4.68 Å². The normalized spacial score (nSPS) is 17.3. The van der Waals surface area contributed by atoms with Gasteiger partial charge in [-0.2, -0.15) is 4.98 Å². The van der Waals surface area contributed by atoms with Crippen molar-refractivity contribution in [1.29, 1.82) is 0 Å². The Hall–Kier alpha value is -3.03. The minimum Gasteiger partial charge on any atom is -0.336 e. The van der Waals surface area contributed by atoms with E-state index in [4.69, 9.17) is 4.52 Å². The molecule has 0 aliphatic carbocycles. The first-order valence-corrected chi connectivity index (χ1v) is 9.10. The average Bonchev–Trinajstić information content (AvgIpc) is 3.32. The van der Waals surface area contributed by atoms with Crippen LogP contribution in [0.4, 0.5) is 0 Å². The smallest absolute Gasteiger partial charge is 0.280 e. The van der Waals surface area contributed by atoms with E-state index in [0.29, 0.717) is 24.0 Å². The molecular weight excluding hydrogens is 344 g/mol. The topological polar surface area (TPSA) is 89.9 Å². The Labute approximate surface area is 157 Å². The van der Waals surface area contributed by atoms with Crippen LogP contribution in [0.1, 0.15) is 46.2 Å². The molecule has 8 heteroatoms. The molecule has 0 saturated carbocycles. The monoisotopic (exact) mass is 366 g/mol. The van der Waals surface area contributed by atoms with E-state index in [9.17, 15) is 4.79 Å². The van der Waals surface area contributed by atoms with Crippen LogP contribution in [0.5, 0.6) is 0 Å². The van der Waals surface area contributed by atoms with Crippen molar-refractivity contribution in [2.75, 3.05) is 13.1 Å². The van der Waals surface area contributed by atoms with Gasteiger partial charge in [-0.05, 0) is 45.2 Å². The standard InChI is InChI=1S/C19H22N6O2/c1-12-6-7-13(2)16(9-12)19(26)24-8-4-5-15(10-24)25-11-17(21-23-25)18-20-14(3)22-27-18/h6-7,9,11,15H,4-5,8,10H2,1-3H3. The molecule has 0 bridgehead atoms. The molecule has 1 aliphatic heterocycles. The van der Waals surface area contributed by atoms with Crippen molar-refractivity contribution in [2.45, 2.75) is 39.7 Å². The third-order valence-corrected chi connectivity index (χ3v) is 4.94. The fourth-order valence-electron chi connectivity index (χ4n) is 3.45. The predicted octanol–water partition coefficient (Wildman–Crippen LogP) is 2.73. The number of carbonyl (C=O) groups excluding carboxylic acids is 1. The van der Waals surface area contributed by atoms with Crippen LogP contribution in [0.15, 0.2) is 28.9 Å². The van der Waals surface area contributed by atoms with Gasteiger partial charge in [0.1, 0.15) is 0 Å². The third kappa shape index (κ3) is 3.47. The molecule has 0 spiro atoms. The highest BCUT2D eigenvalue weighted by atomic mass is 16.5. The highest BCUT2D eigenvalue weighted by Crippen LogP contribution is 2.25. The first-order chi connectivity index (χ1) is 13.0. The molecule has 2 aromatic heterocycles. The quantitative estimate of drug-likeness (QED) is 0.708. The Bertz CT molecular complexity index is 976. The van der Waals surface area contributed by atoms with Gasteiger partial charge in [-0.1, -0.05) is 28.1 Å². The summed E-state index contributed by atoms with van der Waals surface area (Å²) in [5, 5.41) is 12.1. The summed E-state index contributed by atoms with van der Waals surface area (Å²) in [4.78, 5) is 19.1. The molecular formula is C19H22N6O2. The Kier molecular flexibility index (Phi) is 4.47. The first-order valence-electron chi connectivity index (χ1n) is 9.10. The SMILES string of the molecule is Cc1ccc(C)c(C(=O)N2CCCC(n3cc(-c4nc(C)no4)nn3)C2)c1. The Morgan fingerprint density at radius 1 is 1.26 bits per heavy atom. The van der Waals surface area contributed by atoms with E-state index in [1.807, 2.05) is 43.1 Å². The minimum absolute atomic E-state index is 0.0776. The largest absolute Gasteiger partial charge is 0.336 e. The van der Waals surface area contributed by atoms with Crippen LogP contribution in [0.25, 0.3) is 11.6 Å². The Morgan fingerprint density at radius 2 is 2.11 bits per heavy atom. The second kappa shape index (κ2) is 6.94. The van der Waals surface area contributed by atoms with Gasteiger partial charge in [0.25, 0.3) is 11.8 Å². The van der Waals surface area contributed by atoms with Crippen LogP contribution in [-0.2, 0) is 0 Å². The number of piperidine rings is 1. The molecule has 3 heterocycles. The zero-order chi connectivity index (χ0) is 19.0. The maximum absolute atomic E-state index is 13.0. The number of amides is 1. The summed E-state index contributed by atoms with van der Waals surface area (Å²) >= 11 is 0. The number of benzene rings is 1. The van der Waals surface area contributed by atoms with Crippen LogP contribution in [-0.4, -0.2) is 49.0 Å². The van der Waals surface area contributed by atoms with E-state index in [1.165, 1.54) is 0 Å². The van der Waals surface area contributed by atoms with Gasteiger partial charge in [-0.3, -0.25) is 4.79 Å². The summed E-state index contributed by atoms with van der Waals surface area (Å²) in [6, 6.07) is 6.08. The van der Waals surface area contributed by atoms with Gasteiger partial charge < -0.3 is 9.42 Å². The maximum atomic E-state index is 13.0. The second-order valence-electron chi connectivity index (χ2n) is 7.10. The molecule has 1 amide bonds. The molecule has 1 aliphatic rings. The average molecular weight is 366 g/mol. The maximum Gasteiger partial charge on any atom is 0.280 e. The number of nitrogens with zero attached hydrogens (tertiary/aromatic N) is 6. The summed E-state index contributed by atoms with van der Waals surface area (Å²) in [5.74, 6) is 0.995. The number of aromatic nitrogens is 5. The van der Waals surface area contributed by atoms with Crippen molar-refractivity contribution >= 4 is 5.91 Å². The van der Waals surface area contributed by atoms with Gasteiger partial charge in [0, 0.05) is 18.7 Å². The molecule has 1 fully saturated rings. The van der Waals surface area contributed by atoms with Gasteiger partial charge in [0.15, 0.2) is 11.5 Å². The molecule has 8 nitrogen and oxygen atoms in total. The Morgan fingerprint density at radius 3 is 2.89 bits per heavy atom. The summed E-state index contributed by atoms with van der Waals surface area (Å²) in [5.41, 5.74) is 3.42. The lowest BCUT2D eigenvalue weighted by molar-refractivity contribution is 0.0671. The molecule has 1 saturated heterocycles. The van der Waals surface area contributed by atoms with Crippen molar-refractivity contribution in [1.82, 2.24) is 30.0 Å². The summed E-state index contributed by atoms with van der Waals surface area (Å²) in [6.45, 7) is 7.11. The van der Waals surface area contributed by atoms with E-state index in [1.54, 1.807) is 11.6 Å². The van der Waals surface area contributed by atoms with Crippen molar-refractivity contribution in [3.63, 3.8) is 0 Å². The lowest BCUT2D eigenvalue weighted by Gasteiger charge is -2.33. The number of likely N-dealkylation sites (tertiary alicyclic amines) is 1. The van der Waals surface area contributed by atoms with Crippen molar-refractivity contribution in [2.24, 2.45) is 0 Å². The highest BCUT2D eigenvalue weighted by Gasteiger charge is 2.27. The van der Waals surface area contributed by atoms with Crippen molar-refractivity contribution < 1.29 is 9.32 Å². The van der Waals surface area contributed by atoms with Crippen LogP contribution in [0.2, 0.25) is 0 Å². The van der Waals surface area contributed by atoms with Crippen molar-refractivity contribution in [3.05, 3.63) is 46.9 Å². The number of hydrogen-bond acceptors (Lipinski definition) is 6. The molecule has 140 valence electrons. The number of aryl methyl sites for hydroxylation is 3. The number of rotatable bonds is 3. The summed E-state index contributed by atoms with van der Waals surface area (Å²) < 4.78 is 6.95. The van der Waals surface area contributed by atoms with Crippen molar-refractivity contribution in [3.8, 4) is 11.6 Å². The lowest BCUT2D eigenvalue weighted by atomic mass is 10.0. The lowest BCUT2D eigenvalue weighted by Crippen LogP contribution is -2.41. The van der Waals surface area contributed by atoms with Crippen LogP contribution in [0, 0.1) is 20.8 Å². The fraction of sp³-hybridized carbons (Fsp3) is 0.421. The predicted molar refractivity (Wildman–Crippen MR) is 98.1 cm³/mol. The van der Waals surface area contributed by atoms with Gasteiger partial charge in [0.2, 0.25) is 0 Å². The number of hydrogen-bond donors (Lipinski definition) is 0. The minimum atomic E-state index is 0.0776. The molecule has 1 aromatic carbocycles. The van der Waals surface area contributed by atoms with E-state index in [2.05, 4.69) is 20.5 Å². The van der Waals surface area contributed by atoms with E-state index in [-0.39, 0.29) is 11.9 Å². The highest BCUT2D eigenvalue weighted by molar-refractivity contribution is 5.95. The molecule has 3 aromatic rings. The van der Waals surface area contributed by atoms with E-state index in [0.717, 1.165) is 36.1 Å². The van der Waals surface area contributed by atoms with Crippen LogP contribution >= 0.6 is 0 Å². The second-order valence-corrected chi connectivity index (χ2v) is 7.10. The first kappa shape index (κ1) is 17.4. The zero-order valence-electron chi connectivity index (χ0n) is 15.7. The van der Waals surface area contributed by atoms with E-state index < -0.39 is 0 Å². The van der Waals surface area contributed by atoms with Crippen LogP contribution < -0.4 is 0 Å². The molecule has 4 rings (SSSR count). The third-order valence-electron chi connectivity index (χ3n) is 4.94. The van der Waals surface area contributed by atoms with E-state index >= 15 is 0 Å². The molecule has 0 radical (unpaired) electrons. The zero-order valence-corrected chi connectivity index (χ0v) is 15.7. The number of carbonyl (C=O) groups is 1. The molecule has 0 N–H and O–H groups in total. The Balaban J connectivity index is 1.52. The molecule has 1 unspecified atom stereocenters. The van der Waals surface area contributed by atoms with Crippen LogP contribution in [0.3, 0.4) is 0 Å². The summed E-state index contributed by atoms with van der Waals surface area (Å²) in [6.07, 6.45) is 3.68. The fourth-order valence-corrected chi connectivity index (χ4v) is 3.45. The van der Waals surface area contributed by atoms with Gasteiger partial charge in [-0.15, -0.1) is 5.10 Å².